The Labute approximate surface area is 309 Å². The first-order valence-electron chi connectivity index (χ1n) is 19.2. The van der Waals surface area contributed by atoms with Crippen molar-refractivity contribution in [2.24, 2.45) is 0 Å². The number of benzene rings is 6. The molecule has 0 unspecified atom stereocenters. The third-order valence-corrected chi connectivity index (χ3v) is 12.0. The van der Waals surface area contributed by atoms with Crippen molar-refractivity contribution in [3.8, 4) is 28.1 Å². The lowest BCUT2D eigenvalue weighted by atomic mass is 9.81. The number of nitrogens with zero attached hydrogens (tertiary/aromatic N) is 2. The molecule has 1 heterocycles. The Morgan fingerprint density at radius 2 is 1.23 bits per heavy atom. The summed E-state index contributed by atoms with van der Waals surface area (Å²) in [6.45, 7) is 11.5. The van der Waals surface area contributed by atoms with Crippen molar-refractivity contribution in [3.63, 3.8) is 0 Å². The van der Waals surface area contributed by atoms with Gasteiger partial charge in [0.05, 0.1) is 16.9 Å². The first-order valence-corrected chi connectivity index (χ1v) is 19.2. The van der Waals surface area contributed by atoms with Gasteiger partial charge in [0.25, 0.3) is 0 Å². The summed E-state index contributed by atoms with van der Waals surface area (Å²) in [6, 6.07) is 50.3. The molecule has 0 N–H and O–H groups in total. The lowest BCUT2D eigenvalue weighted by Crippen LogP contribution is -2.14. The summed E-state index contributed by atoms with van der Waals surface area (Å²) in [6.07, 6.45) is 6.72. The van der Waals surface area contributed by atoms with Crippen LogP contribution in [0.25, 0.3) is 39.0 Å². The fourth-order valence-electron chi connectivity index (χ4n) is 9.64. The summed E-state index contributed by atoms with van der Waals surface area (Å²) in [5.41, 5.74) is 19.3. The molecular formula is C50H48N2. The fourth-order valence-corrected chi connectivity index (χ4v) is 9.64. The molecule has 0 bridgehead atoms. The molecule has 2 nitrogen and oxygen atoms in total. The van der Waals surface area contributed by atoms with Crippen LogP contribution < -0.4 is 4.90 Å². The van der Waals surface area contributed by atoms with Gasteiger partial charge in [-0.15, -0.1) is 0 Å². The van der Waals surface area contributed by atoms with E-state index in [1.165, 1.54) is 122 Å². The number of rotatable bonds is 6. The van der Waals surface area contributed by atoms with E-state index in [2.05, 4.69) is 178 Å². The van der Waals surface area contributed by atoms with E-state index in [-0.39, 0.29) is 5.41 Å². The number of para-hydroxylation sites is 1. The summed E-state index contributed by atoms with van der Waals surface area (Å²) in [7, 11) is 0. The van der Waals surface area contributed by atoms with Crippen LogP contribution in [0.1, 0.15) is 85.3 Å². The van der Waals surface area contributed by atoms with Gasteiger partial charge in [-0.3, -0.25) is 0 Å². The van der Waals surface area contributed by atoms with Gasteiger partial charge in [-0.25, -0.2) is 0 Å². The highest BCUT2D eigenvalue weighted by atomic mass is 15.1. The maximum Gasteiger partial charge on any atom is 0.0584 e. The SMILES string of the molecule is Cc1cc(C)c(N(c2ccc(-c3ccc4c5c(n(-c6ccccc6)c4c3)-c3ccccc3C5(C)C)cc2)c2ccc(C3CCCCC3)cc2)c(C)c1. The molecule has 0 spiro atoms. The molecule has 7 aromatic rings. The largest absolute Gasteiger partial charge is 0.310 e. The topological polar surface area (TPSA) is 8.17 Å². The average molecular weight is 677 g/mol. The molecule has 52 heavy (non-hydrogen) atoms. The Balaban J connectivity index is 1.15. The van der Waals surface area contributed by atoms with Gasteiger partial charge in [0.1, 0.15) is 0 Å². The highest BCUT2D eigenvalue weighted by Gasteiger charge is 2.40. The van der Waals surface area contributed by atoms with Gasteiger partial charge in [0.2, 0.25) is 0 Å². The fraction of sp³-hybridized carbons (Fsp3) is 0.240. The number of anilines is 3. The third-order valence-electron chi connectivity index (χ3n) is 12.0. The van der Waals surface area contributed by atoms with E-state index < -0.39 is 0 Å². The van der Waals surface area contributed by atoms with Crippen LogP contribution in [-0.2, 0) is 5.41 Å². The minimum absolute atomic E-state index is 0.0856. The Bertz CT molecular complexity index is 2400. The minimum atomic E-state index is -0.0856. The van der Waals surface area contributed by atoms with E-state index in [0.29, 0.717) is 5.92 Å². The van der Waals surface area contributed by atoms with Gasteiger partial charge in [-0.2, -0.15) is 0 Å². The molecule has 0 amide bonds. The van der Waals surface area contributed by atoms with Crippen molar-refractivity contribution in [1.29, 1.82) is 0 Å². The van der Waals surface area contributed by atoms with Crippen LogP contribution in [0.2, 0.25) is 0 Å². The second-order valence-corrected chi connectivity index (χ2v) is 15.9. The predicted molar refractivity (Wildman–Crippen MR) is 221 cm³/mol. The predicted octanol–water partition coefficient (Wildman–Crippen LogP) is 14.0. The quantitative estimate of drug-likeness (QED) is 0.170. The van der Waals surface area contributed by atoms with Crippen molar-refractivity contribution in [2.45, 2.75) is 78.1 Å². The van der Waals surface area contributed by atoms with E-state index in [1.54, 1.807) is 0 Å². The van der Waals surface area contributed by atoms with Gasteiger partial charge >= 0.3 is 0 Å². The molecule has 258 valence electrons. The van der Waals surface area contributed by atoms with Crippen LogP contribution in [-0.4, -0.2) is 4.57 Å². The van der Waals surface area contributed by atoms with E-state index in [9.17, 15) is 0 Å². The van der Waals surface area contributed by atoms with Crippen molar-refractivity contribution < 1.29 is 0 Å². The molecule has 9 rings (SSSR count). The second-order valence-electron chi connectivity index (χ2n) is 15.9. The van der Waals surface area contributed by atoms with Crippen LogP contribution in [0.3, 0.4) is 0 Å². The molecule has 1 saturated carbocycles. The summed E-state index contributed by atoms with van der Waals surface area (Å²) in [4.78, 5) is 2.46. The van der Waals surface area contributed by atoms with Crippen LogP contribution in [0.15, 0.2) is 133 Å². The third kappa shape index (κ3) is 5.31. The number of fused-ring (bicyclic) bond motifs is 5. The van der Waals surface area contributed by atoms with Crippen LogP contribution >= 0.6 is 0 Å². The molecule has 6 aromatic carbocycles. The smallest absolute Gasteiger partial charge is 0.0584 e. The van der Waals surface area contributed by atoms with Crippen molar-refractivity contribution >= 4 is 28.0 Å². The monoisotopic (exact) mass is 676 g/mol. The zero-order chi connectivity index (χ0) is 35.6. The molecule has 1 fully saturated rings. The van der Waals surface area contributed by atoms with Gasteiger partial charge in [-0.05, 0) is 121 Å². The maximum absolute atomic E-state index is 2.50. The number of hydrogen-bond donors (Lipinski definition) is 0. The van der Waals surface area contributed by atoms with Gasteiger partial charge in [0.15, 0.2) is 0 Å². The molecule has 1 aromatic heterocycles. The second kappa shape index (κ2) is 12.7. The molecule has 2 heteroatoms. The standard InChI is InChI=1S/C50H48N2/c1-33-30-34(2)48(35(3)31-33)51(41-25-20-37(21-26-41)36-14-8-6-9-15-36)42-27-22-38(23-28-42)39-24-29-44-46(32-39)52(40-16-10-7-11-17-40)49-43-18-12-13-19-45(43)50(4,5)47(44)49/h7,10-13,16-32,36H,6,8-9,14-15H2,1-5H3. The Hall–Kier alpha value is -5.34. The average Bonchev–Trinajstić information content (AvgIpc) is 3.63. The molecule has 0 radical (unpaired) electrons. The maximum atomic E-state index is 2.50. The highest BCUT2D eigenvalue weighted by molar-refractivity contribution is 6.01. The lowest BCUT2D eigenvalue weighted by molar-refractivity contribution is 0.443. The molecule has 2 aliphatic rings. The summed E-state index contributed by atoms with van der Waals surface area (Å²) >= 11 is 0. The van der Waals surface area contributed by atoms with Crippen molar-refractivity contribution in [1.82, 2.24) is 4.57 Å². The number of hydrogen-bond acceptors (Lipinski definition) is 1. The van der Waals surface area contributed by atoms with E-state index in [0.717, 1.165) is 0 Å². The summed E-state index contributed by atoms with van der Waals surface area (Å²) < 4.78 is 2.50. The van der Waals surface area contributed by atoms with Crippen LogP contribution in [0, 0.1) is 20.8 Å². The molecule has 0 saturated heterocycles. The van der Waals surface area contributed by atoms with E-state index in [4.69, 9.17) is 0 Å². The van der Waals surface area contributed by atoms with Crippen LogP contribution in [0.5, 0.6) is 0 Å². The number of aryl methyl sites for hydroxylation is 3. The normalized spacial score (nSPS) is 15.1. The number of aromatic nitrogens is 1. The molecule has 0 aliphatic heterocycles. The van der Waals surface area contributed by atoms with Crippen molar-refractivity contribution in [3.05, 3.63) is 167 Å². The zero-order valence-corrected chi connectivity index (χ0v) is 31.2. The zero-order valence-electron chi connectivity index (χ0n) is 31.2. The summed E-state index contributed by atoms with van der Waals surface area (Å²) in [5, 5.41) is 1.33. The minimum Gasteiger partial charge on any atom is -0.310 e. The molecule has 2 aliphatic carbocycles. The molecule has 0 atom stereocenters. The summed E-state index contributed by atoms with van der Waals surface area (Å²) in [5.74, 6) is 0.695. The van der Waals surface area contributed by atoms with E-state index >= 15 is 0 Å². The first kappa shape index (κ1) is 32.6. The van der Waals surface area contributed by atoms with Crippen molar-refractivity contribution in [2.75, 3.05) is 4.90 Å². The Kier molecular flexibility index (Phi) is 7.96. The Morgan fingerprint density at radius 1 is 0.615 bits per heavy atom. The van der Waals surface area contributed by atoms with Gasteiger partial charge in [-0.1, -0.05) is 130 Å². The van der Waals surface area contributed by atoms with Gasteiger partial charge in [0, 0.05) is 33.4 Å². The molecular weight excluding hydrogens is 629 g/mol. The van der Waals surface area contributed by atoms with Crippen LogP contribution in [0.4, 0.5) is 17.1 Å². The first-order chi connectivity index (χ1) is 25.3. The Morgan fingerprint density at radius 3 is 1.92 bits per heavy atom. The highest BCUT2D eigenvalue weighted by Crippen LogP contribution is 2.54. The van der Waals surface area contributed by atoms with Gasteiger partial charge < -0.3 is 9.47 Å². The van der Waals surface area contributed by atoms with E-state index in [1.807, 2.05) is 0 Å². The lowest BCUT2D eigenvalue weighted by Gasteiger charge is -2.30.